The van der Waals surface area contributed by atoms with E-state index in [4.69, 9.17) is 0 Å². The summed E-state index contributed by atoms with van der Waals surface area (Å²) in [6.07, 6.45) is 2.15. The van der Waals surface area contributed by atoms with Gasteiger partial charge in [-0.05, 0) is 30.7 Å². The van der Waals surface area contributed by atoms with Crippen molar-refractivity contribution in [3.8, 4) is 16.9 Å². The van der Waals surface area contributed by atoms with Gasteiger partial charge in [-0.25, -0.2) is 4.68 Å². The van der Waals surface area contributed by atoms with Crippen LogP contribution < -0.4 is 5.32 Å². The predicted molar refractivity (Wildman–Crippen MR) is 120 cm³/mol. The number of benzene rings is 2. The fourth-order valence-electron chi connectivity index (χ4n) is 3.44. The molecule has 1 heterocycles. The van der Waals surface area contributed by atoms with Crippen molar-refractivity contribution in [2.24, 2.45) is 0 Å². The van der Waals surface area contributed by atoms with E-state index in [2.05, 4.69) is 22.6 Å². The number of alkyl halides is 3. The summed E-state index contributed by atoms with van der Waals surface area (Å²) < 4.78 is 40.9. The maximum atomic E-state index is 13.3. The number of amides is 1. The van der Waals surface area contributed by atoms with E-state index in [-0.39, 0.29) is 11.6 Å². The van der Waals surface area contributed by atoms with Crippen LogP contribution in [0, 0.1) is 10.1 Å². The Kier molecular flexibility index (Phi) is 7.98. The summed E-state index contributed by atoms with van der Waals surface area (Å²) in [5, 5.41) is 21.6. The number of unbranched alkanes of at least 4 members (excludes halogenated alkanes) is 4. The van der Waals surface area contributed by atoms with Crippen LogP contribution in [0.3, 0.4) is 0 Å². The van der Waals surface area contributed by atoms with Gasteiger partial charge in [0.05, 0.1) is 16.8 Å². The number of carbonyl (C=O) groups excluding carboxylic acids is 1. The van der Waals surface area contributed by atoms with Crippen LogP contribution in [-0.4, -0.2) is 25.8 Å². The van der Waals surface area contributed by atoms with E-state index in [1.165, 1.54) is 12.3 Å². The van der Waals surface area contributed by atoms with E-state index in [1.807, 2.05) is 0 Å². The van der Waals surface area contributed by atoms with Crippen molar-refractivity contribution >= 4 is 17.3 Å². The number of aromatic nitrogens is 3. The maximum Gasteiger partial charge on any atom is 0.423 e. The molecule has 11 heteroatoms. The number of halogens is 3. The highest BCUT2D eigenvalue weighted by Crippen LogP contribution is 2.37. The van der Waals surface area contributed by atoms with E-state index in [0.717, 1.165) is 42.9 Å². The zero-order chi connectivity index (χ0) is 24.7. The third-order valence-corrected chi connectivity index (χ3v) is 5.19. The molecule has 8 nitrogen and oxygen atoms in total. The van der Waals surface area contributed by atoms with Gasteiger partial charge in [-0.3, -0.25) is 14.9 Å². The van der Waals surface area contributed by atoms with Gasteiger partial charge in [-0.1, -0.05) is 50.0 Å². The van der Waals surface area contributed by atoms with E-state index in [0.29, 0.717) is 29.4 Å². The summed E-state index contributed by atoms with van der Waals surface area (Å²) in [5.41, 5.74) is -0.895. The van der Waals surface area contributed by atoms with Crippen LogP contribution in [0.4, 0.5) is 24.5 Å². The number of rotatable bonds is 10. The van der Waals surface area contributed by atoms with Crippen LogP contribution in [0.25, 0.3) is 16.9 Å². The molecule has 1 N–H and O–H groups in total. The summed E-state index contributed by atoms with van der Waals surface area (Å²) in [6.45, 7) is 2.13. The Morgan fingerprint density at radius 3 is 2.59 bits per heavy atom. The number of anilines is 1. The summed E-state index contributed by atoms with van der Waals surface area (Å²) in [7, 11) is 0. The predicted octanol–water partition coefficient (Wildman–Crippen LogP) is 6.16. The zero-order valence-electron chi connectivity index (χ0n) is 18.5. The first kappa shape index (κ1) is 24.9. The van der Waals surface area contributed by atoms with Crippen LogP contribution in [0.1, 0.15) is 51.0 Å². The highest BCUT2D eigenvalue weighted by atomic mass is 19.4. The van der Waals surface area contributed by atoms with E-state index >= 15 is 0 Å². The molecule has 0 fully saturated rings. The molecule has 0 bridgehead atoms. The summed E-state index contributed by atoms with van der Waals surface area (Å²) >= 11 is 0. The molecule has 2 aromatic carbocycles. The van der Waals surface area contributed by atoms with E-state index < -0.39 is 22.4 Å². The molecule has 1 aromatic heterocycles. The first-order valence-corrected chi connectivity index (χ1v) is 10.9. The number of nitrogens with one attached hydrogen (secondary N) is 1. The van der Waals surface area contributed by atoms with Crippen molar-refractivity contribution < 1.29 is 22.9 Å². The minimum atomic E-state index is -4.90. The van der Waals surface area contributed by atoms with Gasteiger partial charge in [-0.15, -0.1) is 5.10 Å². The summed E-state index contributed by atoms with van der Waals surface area (Å²) in [5.74, 6) is -0.0946. The average molecular weight is 475 g/mol. The van der Waals surface area contributed by atoms with Crippen molar-refractivity contribution in [3.05, 3.63) is 64.3 Å². The quantitative estimate of drug-likeness (QED) is 0.215. The molecule has 0 spiro atoms. The lowest BCUT2D eigenvalue weighted by Gasteiger charge is -2.09. The third-order valence-electron chi connectivity index (χ3n) is 5.19. The smallest absolute Gasteiger partial charge is 0.326 e. The molecule has 3 rings (SSSR count). The Hall–Kier alpha value is -3.76. The van der Waals surface area contributed by atoms with Crippen LogP contribution in [0.15, 0.2) is 48.7 Å². The first-order chi connectivity index (χ1) is 16.2. The Bertz CT molecular complexity index is 1160. The molecule has 1 amide bonds. The molecular weight excluding hydrogens is 451 g/mol. The Morgan fingerprint density at radius 1 is 1.12 bits per heavy atom. The number of carbonyl (C=O) groups is 1. The van der Waals surface area contributed by atoms with Crippen LogP contribution in [0.2, 0.25) is 0 Å². The van der Waals surface area contributed by atoms with Gasteiger partial charge < -0.3 is 5.32 Å². The van der Waals surface area contributed by atoms with Crippen molar-refractivity contribution in [1.29, 1.82) is 0 Å². The van der Waals surface area contributed by atoms with Gasteiger partial charge in [0.2, 0.25) is 5.91 Å². The van der Waals surface area contributed by atoms with Crippen LogP contribution in [-0.2, 0) is 11.0 Å². The number of nitro benzene ring substituents is 1. The normalized spacial score (nSPS) is 11.4. The lowest BCUT2D eigenvalue weighted by atomic mass is 10.1. The largest absolute Gasteiger partial charge is 0.423 e. The van der Waals surface area contributed by atoms with Gasteiger partial charge in [0.1, 0.15) is 11.3 Å². The molecule has 180 valence electrons. The van der Waals surface area contributed by atoms with Gasteiger partial charge in [-0.2, -0.15) is 13.2 Å². The molecule has 0 radical (unpaired) electrons. The van der Waals surface area contributed by atoms with Gasteiger partial charge in [0, 0.05) is 23.7 Å². The molecule has 0 saturated heterocycles. The molecule has 0 saturated carbocycles. The van der Waals surface area contributed by atoms with Gasteiger partial charge in [0.25, 0.3) is 5.69 Å². The van der Waals surface area contributed by atoms with Crippen LogP contribution >= 0.6 is 0 Å². The van der Waals surface area contributed by atoms with E-state index in [1.54, 1.807) is 24.3 Å². The molecule has 0 atom stereocenters. The summed E-state index contributed by atoms with van der Waals surface area (Å²) in [6, 6.07) is 9.49. The second kappa shape index (κ2) is 10.9. The second-order valence-electron chi connectivity index (χ2n) is 7.80. The standard InChI is InChI=1S/C23H24F3N5O3/c1-2-3-4-5-6-10-22(32)27-17-9-7-8-16(13-17)20-15-30(29-28-20)18-11-12-21(31(33)34)19(14-18)23(24,25)26/h7-9,11-15H,2-6,10H2,1H3,(H,27,32). The molecule has 0 aliphatic rings. The number of hydrogen-bond donors (Lipinski definition) is 1. The minimum absolute atomic E-state index is 0.0239. The van der Waals surface area contributed by atoms with Gasteiger partial charge in [0.15, 0.2) is 0 Å². The lowest BCUT2D eigenvalue weighted by Crippen LogP contribution is -2.11. The number of nitro groups is 1. The molecular formula is C23H24F3N5O3. The molecule has 0 unspecified atom stereocenters. The molecule has 0 aliphatic carbocycles. The Labute approximate surface area is 193 Å². The van der Waals surface area contributed by atoms with Crippen molar-refractivity contribution in [2.45, 2.75) is 51.6 Å². The molecule has 0 aliphatic heterocycles. The van der Waals surface area contributed by atoms with Crippen molar-refractivity contribution in [2.75, 3.05) is 5.32 Å². The second-order valence-corrected chi connectivity index (χ2v) is 7.80. The SMILES string of the molecule is CCCCCCCC(=O)Nc1cccc(-c2cn(-c3ccc([N+](=O)[O-])c(C(F)(F)F)c3)nn2)c1. The highest BCUT2D eigenvalue weighted by Gasteiger charge is 2.38. The fraction of sp³-hybridized carbons (Fsp3) is 0.348. The van der Waals surface area contributed by atoms with Crippen LogP contribution in [0.5, 0.6) is 0 Å². The fourth-order valence-corrected chi connectivity index (χ4v) is 3.44. The Balaban J connectivity index is 1.74. The zero-order valence-corrected chi connectivity index (χ0v) is 18.5. The summed E-state index contributed by atoms with van der Waals surface area (Å²) in [4.78, 5) is 22.1. The molecule has 3 aromatic rings. The average Bonchev–Trinajstić information content (AvgIpc) is 3.28. The minimum Gasteiger partial charge on any atom is -0.326 e. The van der Waals surface area contributed by atoms with Gasteiger partial charge >= 0.3 is 6.18 Å². The maximum absolute atomic E-state index is 13.3. The lowest BCUT2D eigenvalue weighted by molar-refractivity contribution is -0.388. The monoisotopic (exact) mass is 475 g/mol. The first-order valence-electron chi connectivity index (χ1n) is 10.9. The Morgan fingerprint density at radius 2 is 1.88 bits per heavy atom. The van der Waals surface area contributed by atoms with Crippen molar-refractivity contribution in [1.82, 2.24) is 15.0 Å². The molecule has 34 heavy (non-hydrogen) atoms. The van der Waals surface area contributed by atoms with E-state index in [9.17, 15) is 28.1 Å². The number of hydrogen-bond acceptors (Lipinski definition) is 5. The third kappa shape index (κ3) is 6.40. The number of nitrogens with zero attached hydrogens (tertiary/aromatic N) is 4. The van der Waals surface area contributed by atoms with Crippen molar-refractivity contribution in [3.63, 3.8) is 0 Å². The highest BCUT2D eigenvalue weighted by molar-refractivity contribution is 5.91. The topological polar surface area (TPSA) is 103 Å².